The van der Waals surface area contributed by atoms with Gasteiger partial charge >= 0.3 is 11.9 Å². The van der Waals surface area contributed by atoms with Crippen LogP contribution in [0.25, 0.3) is 0 Å². The molecule has 0 saturated carbocycles. The van der Waals surface area contributed by atoms with Gasteiger partial charge in [0.1, 0.15) is 0 Å². The first-order chi connectivity index (χ1) is 16.6. The van der Waals surface area contributed by atoms with Crippen molar-refractivity contribution in [3.05, 3.63) is 35.4 Å². The Bertz CT molecular complexity index is 649. The summed E-state index contributed by atoms with van der Waals surface area (Å²) in [6.07, 6.45) is 19.5. The van der Waals surface area contributed by atoms with Crippen LogP contribution in [0.15, 0.2) is 24.3 Å². The molecule has 0 radical (unpaired) electrons. The van der Waals surface area contributed by atoms with E-state index in [0.717, 1.165) is 38.5 Å². The molecule has 0 aliphatic heterocycles. The molecule has 0 heterocycles. The molecule has 1 aromatic rings. The summed E-state index contributed by atoms with van der Waals surface area (Å²) in [5.74, 6) is -0.492. The summed E-state index contributed by atoms with van der Waals surface area (Å²) in [7, 11) is 0. The number of ether oxygens (including phenoxy) is 2. The van der Waals surface area contributed by atoms with Crippen molar-refractivity contribution in [3.63, 3.8) is 0 Å². The zero-order valence-electron chi connectivity index (χ0n) is 22.2. The fraction of sp³-hybridized carbons (Fsp3) is 0.733. The highest BCUT2D eigenvalue weighted by atomic mass is 16.5. The van der Waals surface area contributed by atoms with E-state index in [1.807, 2.05) is 0 Å². The second-order valence-corrected chi connectivity index (χ2v) is 9.61. The van der Waals surface area contributed by atoms with Crippen LogP contribution in [0.2, 0.25) is 0 Å². The number of hydrogen-bond donors (Lipinski definition) is 0. The lowest BCUT2D eigenvalue weighted by Crippen LogP contribution is -2.18. The van der Waals surface area contributed by atoms with E-state index < -0.39 is 11.9 Å². The Balaban J connectivity index is 2.26. The molecule has 0 spiro atoms. The highest BCUT2D eigenvalue weighted by Crippen LogP contribution is 2.17. The van der Waals surface area contributed by atoms with Crippen LogP contribution in [0.5, 0.6) is 0 Å². The first kappa shape index (κ1) is 30.2. The summed E-state index contributed by atoms with van der Waals surface area (Å²) in [5, 5.41) is 0. The molecular weight excluding hydrogens is 424 g/mol. The van der Waals surface area contributed by atoms with Crippen molar-refractivity contribution in [2.24, 2.45) is 5.92 Å². The van der Waals surface area contributed by atoms with Gasteiger partial charge in [0.25, 0.3) is 0 Å². The van der Waals surface area contributed by atoms with E-state index in [1.54, 1.807) is 24.3 Å². The standard InChI is InChI=1S/C30H50O4/c1-4-7-8-9-10-11-12-13-14-15-16-19-24-33-29(31)27-22-17-18-23-28(27)30(32)34-25-26(20-5-2)21-6-3/h17-18,22-23,26H,4-16,19-21,24-25H2,1-3H3. The van der Waals surface area contributed by atoms with Gasteiger partial charge in [-0.1, -0.05) is 116 Å². The number of unbranched alkanes of at least 4 members (excludes halogenated alkanes) is 11. The largest absolute Gasteiger partial charge is 0.462 e. The summed E-state index contributed by atoms with van der Waals surface area (Å²) in [6, 6.07) is 6.82. The maximum Gasteiger partial charge on any atom is 0.339 e. The number of carbonyl (C=O) groups is 2. The zero-order chi connectivity index (χ0) is 24.9. The van der Waals surface area contributed by atoms with E-state index in [0.29, 0.717) is 30.3 Å². The first-order valence-corrected chi connectivity index (χ1v) is 14.1. The third-order valence-corrected chi connectivity index (χ3v) is 6.44. The molecule has 1 aromatic carbocycles. The molecule has 0 atom stereocenters. The fourth-order valence-corrected chi connectivity index (χ4v) is 4.42. The topological polar surface area (TPSA) is 52.6 Å². The van der Waals surface area contributed by atoms with E-state index in [9.17, 15) is 9.59 Å². The van der Waals surface area contributed by atoms with E-state index in [1.165, 1.54) is 64.2 Å². The van der Waals surface area contributed by atoms with Crippen molar-refractivity contribution in [2.75, 3.05) is 13.2 Å². The first-order valence-electron chi connectivity index (χ1n) is 14.1. The van der Waals surface area contributed by atoms with Gasteiger partial charge in [-0.25, -0.2) is 9.59 Å². The Morgan fingerprint density at radius 2 is 1.06 bits per heavy atom. The molecule has 194 valence electrons. The van der Waals surface area contributed by atoms with Gasteiger partial charge in [0.15, 0.2) is 0 Å². The van der Waals surface area contributed by atoms with Crippen LogP contribution in [0.1, 0.15) is 144 Å². The summed E-state index contributed by atoms with van der Waals surface area (Å²) >= 11 is 0. The maximum atomic E-state index is 12.6. The lowest BCUT2D eigenvalue weighted by atomic mass is 9.99. The summed E-state index contributed by atoms with van der Waals surface area (Å²) in [4.78, 5) is 25.2. The molecule has 1 rings (SSSR count). The third-order valence-electron chi connectivity index (χ3n) is 6.44. The number of rotatable bonds is 21. The second kappa shape index (κ2) is 20.5. The van der Waals surface area contributed by atoms with Gasteiger partial charge in [0.2, 0.25) is 0 Å². The zero-order valence-corrected chi connectivity index (χ0v) is 22.2. The molecular formula is C30H50O4. The number of carbonyl (C=O) groups excluding carboxylic acids is 2. The fourth-order valence-electron chi connectivity index (χ4n) is 4.42. The maximum absolute atomic E-state index is 12.6. The minimum absolute atomic E-state index is 0.300. The predicted octanol–water partition coefficient (Wildman–Crippen LogP) is 8.92. The molecule has 0 aliphatic carbocycles. The van der Waals surface area contributed by atoms with Gasteiger partial charge < -0.3 is 9.47 Å². The van der Waals surface area contributed by atoms with Crippen LogP contribution in [-0.4, -0.2) is 25.2 Å². The van der Waals surface area contributed by atoms with Crippen LogP contribution in [0.4, 0.5) is 0 Å². The lowest BCUT2D eigenvalue weighted by Gasteiger charge is -2.16. The minimum Gasteiger partial charge on any atom is -0.462 e. The molecule has 0 saturated heterocycles. The average molecular weight is 475 g/mol. The normalized spacial score (nSPS) is 11.1. The van der Waals surface area contributed by atoms with Gasteiger partial charge in [-0.2, -0.15) is 0 Å². The molecule has 4 nitrogen and oxygen atoms in total. The van der Waals surface area contributed by atoms with Crippen LogP contribution in [-0.2, 0) is 9.47 Å². The molecule has 0 aliphatic rings. The van der Waals surface area contributed by atoms with E-state index >= 15 is 0 Å². The molecule has 0 bridgehead atoms. The van der Waals surface area contributed by atoms with Crippen LogP contribution < -0.4 is 0 Å². The molecule has 0 unspecified atom stereocenters. The predicted molar refractivity (Wildman–Crippen MR) is 141 cm³/mol. The quantitative estimate of drug-likeness (QED) is 0.132. The van der Waals surface area contributed by atoms with Crippen molar-refractivity contribution in [2.45, 2.75) is 124 Å². The molecule has 0 N–H and O–H groups in total. The van der Waals surface area contributed by atoms with Gasteiger partial charge in [0.05, 0.1) is 24.3 Å². The number of benzene rings is 1. The van der Waals surface area contributed by atoms with Gasteiger partial charge in [-0.3, -0.25) is 0 Å². The van der Waals surface area contributed by atoms with E-state index in [-0.39, 0.29) is 0 Å². The van der Waals surface area contributed by atoms with E-state index in [2.05, 4.69) is 20.8 Å². The van der Waals surface area contributed by atoms with Crippen LogP contribution in [0.3, 0.4) is 0 Å². The Kier molecular flexibility index (Phi) is 18.2. The second-order valence-electron chi connectivity index (χ2n) is 9.61. The van der Waals surface area contributed by atoms with Crippen molar-refractivity contribution in [1.82, 2.24) is 0 Å². The van der Waals surface area contributed by atoms with Crippen molar-refractivity contribution >= 4 is 11.9 Å². The minimum atomic E-state index is -0.436. The Labute approximate surface area is 209 Å². The molecule has 0 fully saturated rings. The van der Waals surface area contributed by atoms with Gasteiger partial charge in [-0.15, -0.1) is 0 Å². The Morgan fingerprint density at radius 1 is 0.618 bits per heavy atom. The average Bonchev–Trinajstić information content (AvgIpc) is 2.85. The van der Waals surface area contributed by atoms with Gasteiger partial charge in [0, 0.05) is 0 Å². The molecule has 4 heteroatoms. The molecule has 34 heavy (non-hydrogen) atoms. The Hall–Kier alpha value is -1.84. The SMILES string of the molecule is CCCCCCCCCCCCCCOC(=O)c1ccccc1C(=O)OCC(CCC)CCC. The lowest BCUT2D eigenvalue weighted by molar-refractivity contribution is 0.0402. The number of hydrogen-bond acceptors (Lipinski definition) is 4. The van der Waals surface area contributed by atoms with Crippen molar-refractivity contribution in [3.8, 4) is 0 Å². The smallest absolute Gasteiger partial charge is 0.339 e. The highest BCUT2D eigenvalue weighted by molar-refractivity contribution is 6.03. The monoisotopic (exact) mass is 474 g/mol. The summed E-state index contributed by atoms with van der Waals surface area (Å²) in [6.45, 7) is 7.35. The molecule has 0 amide bonds. The molecule has 0 aromatic heterocycles. The Morgan fingerprint density at radius 3 is 1.53 bits per heavy atom. The summed E-state index contributed by atoms with van der Waals surface area (Å²) < 4.78 is 11.0. The van der Waals surface area contributed by atoms with E-state index in [4.69, 9.17) is 9.47 Å². The van der Waals surface area contributed by atoms with Crippen molar-refractivity contribution in [1.29, 1.82) is 0 Å². The van der Waals surface area contributed by atoms with Crippen molar-refractivity contribution < 1.29 is 19.1 Å². The van der Waals surface area contributed by atoms with Crippen LogP contribution >= 0.6 is 0 Å². The number of esters is 2. The van der Waals surface area contributed by atoms with Crippen LogP contribution in [0, 0.1) is 5.92 Å². The highest BCUT2D eigenvalue weighted by Gasteiger charge is 2.20. The third kappa shape index (κ3) is 13.8. The van der Waals surface area contributed by atoms with Gasteiger partial charge in [-0.05, 0) is 37.3 Å². The summed E-state index contributed by atoms with van der Waals surface area (Å²) in [5.41, 5.74) is 0.600.